The number of anilines is 1. The first-order chi connectivity index (χ1) is 14.9. The average Bonchev–Trinajstić information content (AvgIpc) is 3.24. The number of aryl methyl sites for hydroxylation is 3. The van der Waals surface area contributed by atoms with Crippen molar-refractivity contribution in [3.05, 3.63) is 88.3 Å². The summed E-state index contributed by atoms with van der Waals surface area (Å²) in [6.45, 7) is 13.1. The Morgan fingerprint density at radius 2 is 1.48 bits per heavy atom. The summed E-state index contributed by atoms with van der Waals surface area (Å²) in [6, 6.07) is 19.1. The second-order valence-electron chi connectivity index (χ2n) is 8.98. The molecular formula is C28H29NO2. The Morgan fingerprint density at radius 1 is 0.774 bits per heavy atom. The third kappa shape index (κ3) is 3.03. The number of hydrogen-bond acceptors (Lipinski definition) is 3. The van der Waals surface area contributed by atoms with E-state index >= 15 is 0 Å². The van der Waals surface area contributed by atoms with Crippen molar-refractivity contribution >= 4 is 27.6 Å². The number of benzene rings is 3. The number of nitrogens with zero attached hydrogens (tertiary/aromatic N) is 1. The van der Waals surface area contributed by atoms with Crippen molar-refractivity contribution in [1.82, 2.24) is 0 Å². The van der Waals surface area contributed by atoms with Gasteiger partial charge in [-0.2, -0.15) is 0 Å². The molecule has 0 N–H and O–H groups in total. The van der Waals surface area contributed by atoms with Crippen LogP contribution in [-0.4, -0.2) is 0 Å². The molecule has 5 rings (SSSR count). The molecular weight excluding hydrogens is 382 g/mol. The van der Waals surface area contributed by atoms with Crippen LogP contribution in [0.15, 0.2) is 70.5 Å². The molecule has 0 amide bonds. The second-order valence-corrected chi connectivity index (χ2v) is 8.98. The number of ether oxygens (including phenoxy) is 1. The van der Waals surface area contributed by atoms with E-state index in [0.717, 1.165) is 27.7 Å². The molecule has 0 bridgehead atoms. The van der Waals surface area contributed by atoms with Crippen LogP contribution in [0.4, 0.5) is 5.69 Å². The predicted molar refractivity (Wildman–Crippen MR) is 128 cm³/mol. The molecule has 0 saturated carbocycles. The highest BCUT2D eigenvalue weighted by molar-refractivity contribution is 6.06. The number of para-hydroxylation sites is 1. The minimum atomic E-state index is -0.173. The zero-order valence-electron chi connectivity index (χ0n) is 19.1. The molecule has 0 spiro atoms. The van der Waals surface area contributed by atoms with Crippen molar-refractivity contribution in [2.75, 3.05) is 4.90 Å². The van der Waals surface area contributed by atoms with Crippen LogP contribution in [0.5, 0.6) is 0 Å². The molecule has 158 valence electrons. The fourth-order valence-corrected chi connectivity index (χ4v) is 4.94. The summed E-state index contributed by atoms with van der Waals surface area (Å²) < 4.78 is 12.8. The van der Waals surface area contributed by atoms with Gasteiger partial charge >= 0.3 is 0 Å². The normalized spacial score (nSPS) is 16.7. The second kappa shape index (κ2) is 7.19. The van der Waals surface area contributed by atoms with Crippen LogP contribution in [0.3, 0.4) is 0 Å². The van der Waals surface area contributed by atoms with E-state index in [-0.39, 0.29) is 6.23 Å². The van der Waals surface area contributed by atoms with Crippen LogP contribution >= 0.6 is 0 Å². The third-order valence-electron chi connectivity index (χ3n) is 6.46. The molecule has 0 aliphatic carbocycles. The Bertz CT molecular complexity index is 1320. The van der Waals surface area contributed by atoms with Crippen LogP contribution < -0.4 is 4.90 Å². The Labute approximate surface area is 183 Å². The highest BCUT2D eigenvalue weighted by Crippen LogP contribution is 2.46. The van der Waals surface area contributed by atoms with Crippen molar-refractivity contribution in [2.45, 2.75) is 47.8 Å². The zero-order chi connectivity index (χ0) is 21.9. The fourth-order valence-electron chi connectivity index (χ4n) is 4.94. The topological polar surface area (TPSA) is 25.6 Å². The van der Waals surface area contributed by atoms with Gasteiger partial charge in [-0.1, -0.05) is 50.2 Å². The Kier molecular flexibility index (Phi) is 4.58. The van der Waals surface area contributed by atoms with Crippen molar-refractivity contribution in [3.63, 3.8) is 0 Å². The van der Waals surface area contributed by atoms with E-state index in [9.17, 15) is 0 Å². The molecule has 1 aliphatic heterocycles. The first-order valence-electron chi connectivity index (χ1n) is 11.0. The van der Waals surface area contributed by atoms with E-state index < -0.39 is 0 Å². The Hall–Kier alpha value is -3.20. The molecule has 0 radical (unpaired) electrons. The van der Waals surface area contributed by atoms with Gasteiger partial charge in [0.1, 0.15) is 16.9 Å². The molecule has 0 saturated heterocycles. The lowest BCUT2D eigenvalue weighted by Gasteiger charge is -2.30. The molecule has 1 unspecified atom stereocenters. The Morgan fingerprint density at radius 3 is 2.19 bits per heavy atom. The first-order valence-corrected chi connectivity index (χ1v) is 11.0. The molecule has 0 fully saturated rings. The highest BCUT2D eigenvalue weighted by atomic mass is 16.5. The quantitative estimate of drug-likeness (QED) is 0.342. The maximum Gasteiger partial charge on any atom is 0.202 e. The number of rotatable bonds is 3. The van der Waals surface area contributed by atoms with Crippen LogP contribution in [0, 0.1) is 26.7 Å². The highest BCUT2D eigenvalue weighted by Gasteiger charge is 2.37. The van der Waals surface area contributed by atoms with E-state index in [1.54, 1.807) is 0 Å². The largest absolute Gasteiger partial charge is 0.468 e. The van der Waals surface area contributed by atoms with E-state index in [1.807, 2.05) is 12.1 Å². The van der Waals surface area contributed by atoms with Gasteiger partial charge in [0.2, 0.25) is 6.23 Å². The summed E-state index contributed by atoms with van der Waals surface area (Å²) >= 11 is 0. The smallest absolute Gasteiger partial charge is 0.202 e. The molecule has 1 aliphatic rings. The predicted octanol–water partition coefficient (Wildman–Crippen LogP) is 7.93. The third-order valence-corrected chi connectivity index (χ3v) is 6.46. The summed E-state index contributed by atoms with van der Waals surface area (Å²) in [4.78, 5) is 2.38. The van der Waals surface area contributed by atoms with Gasteiger partial charge in [0.25, 0.3) is 0 Å². The number of furan rings is 1. The van der Waals surface area contributed by atoms with Crippen LogP contribution in [-0.2, 0) is 4.74 Å². The van der Waals surface area contributed by atoms with Crippen molar-refractivity contribution in [3.8, 4) is 0 Å². The molecule has 1 atom stereocenters. The van der Waals surface area contributed by atoms with Gasteiger partial charge in [-0.15, -0.1) is 0 Å². The fraction of sp³-hybridized carbons (Fsp3) is 0.286. The van der Waals surface area contributed by atoms with Crippen LogP contribution in [0.25, 0.3) is 21.9 Å². The SMILES string of the molecule is CC1=C(C(C)C)OC(c2c(C)cccc2C)N1c1cc2c(cc1C)oc1ccccc12. The van der Waals surface area contributed by atoms with Gasteiger partial charge in [0.15, 0.2) is 0 Å². The molecule has 2 heterocycles. The molecule has 3 nitrogen and oxygen atoms in total. The minimum absolute atomic E-state index is 0.173. The lowest BCUT2D eigenvalue weighted by Crippen LogP contribution is -2.25. The molecule has 3 aromatic carbocycles. The lowest BCUT2D eigenvalue weighted by atomic mass is 9.99. The lowest BCUT2D eigenvalue weighted by molar-refractivity contribution is 0.126. The minimum Gasteiger partial charge on any atom is -0.468 e. The van der Waals surface area contributed by atoms with E-state index in [0.29, 0.717) is 5.92 Å². The van der Waals surface area contributed by atoms with E-state index in [4.69, 9.17) is 9.15 Å². The molecule has 3 heteroatoms. The number of fused-ring (bicyclic) bond motifs is 3. The van der Waals surface area contributed by atoms with Crippen LogP contribution in [0.2, 0.25) is 0 Å². The van der Waals surface area contributed by atoms with Gasteiger partial charge in [-0.05, 0) is 62.6 Å². The maximum atomic E-state index is 6.67. The summed E-state index contributed by atoms with van der Waals surface area (Å²) in [7, 11) is 0. The average molecular weight is 412 g/mol. The first kappa shape index (κ1) is 19.7. The van der Waals surface area contributed by atoms with Crippen LogP contribution in [0.1, 0.15) is 49.3 Å². The summed E-state index contributed by atoms with van der Waals surface area (Å²) in [5.74, 6) is 1.37. The zero-order valence-corrected chi connectivity index (χ0v) is 19.1. The Balaban J connectivity index is 1.76. The van der Waals surface area contributed by atoms with Crippen molar-refractivity contribution in [2.24, 2.45) is 5.92 Å². The van der Waals surface area contributed by atoms with Gasteiger partial charge in [-0.3, -0.25) is 0 Å². The monoisotopic (exact) mass is 411 g/mol. The number of hydrogen-bond donors (Lipinski definition) is 0. The van der Waals surface area contributed by atoms with E-state index in [2.05, 4.69) is 88.9 Å². The summed E-state index contributed by atoms with van der Waals surface area (Å²) in [6.07, 6.45) is -0.173. The van der Waals surface area contributed by atoms with E-state index in [1.165, 1.54) is 33.6 Å². The summed E-state index contributed by atoms with van der Waals surface area (Å²) in [5.41, 5.74) is 9.12. The standard InChI is InChI=1S/C28H29NO2/c1-16(2)27-20(6)29(28(31-27)26-17(3)10-9-11-18(26)4)23-15-22-21-12-7-8-13-24(21)30-25(22)14-19(23)5/h7-16,28H,1-6H3. The van der Waals surface area contributed by atoms with Gasteiger partial charge in [-0.25, -0.2) is 0 Å². The van der Waals surface area contributed by atoms with Crippen molar-refractivity contribution in [1.29, 1.82) is 0 Å². The summed E-state index contributed by atoms with van der Waals surface area (Å²) in [5, 5.41) is 2.29. The van der Waals surface area contributed by atoms with Gasteiger partial charge in [0, 0.05) is 27.9 Å². The van der Waals surface area contributed by atoms with Gasteiger partial charge in [0.05, 0.1) is 5.70 Å². The van der Waals surface area contributed by atoms with Crippen molar-refractivity contribution < 1.29 is 9.15 Å². The molecule has 4 aromatic rings. The molecule has 1 aromatic heterocycles. The van der Waals surface area contributed by atoms with Gasteiger partial charge < -0.3 is 14.1 Å². The number of allylic oxidation sites excluding steroid dienone is 2. The molecule has 31 heavy (non-hydrogen) atoms. The maximum absolute atomic E-state index is 6.67.